The number of nitrogen functional groups attached to an aromatic ring is 1. The van der Waals surface area contributed by atoms with Crippen molar-refractivity contribution in [3.8, 4) is 11.5 Å². The van der Waals surface area contributed by atoms with Crippen LogP contribution in [0.15, 0.2) is 30.3 Å². The summed E-state index contributed by atoms with van der Waals surface area (Å²) in [6.07, 6.45) is 0. The maximum absolute atomic E-state index is 13.3. The van der Waals surface area contributed by atoms with Gasteiger partial charge in [0.2, 0.25) is 17.4 Å². The first-order valence-corrected chi connectivity index (χ1v) is 4.85. The molecule has 0 aliphatic carbocycles. The molecule has 2 aromatic rings. The molecule has 0 aromatic heterocycles. The Balaban J connectivity index is 2.42. The standard InChI is InChI=1S/C12H7F4NO/c13-8-5-9(14)11(16)12(10(8)15)18-7-3-1-6(17)2-4-7/h1-5H,17H2. The zero-order valence-corrected chi connectivity index (χ0v) is 8.88. The Hall–Kier alpha value is -2.24. The fourth-order valence-electron chi connectivity index (χ4n) is 1.29. The molecule has 0 bridgehead atoms. The number of benzene rings is 2. The van der Waals surface area contributed by atoms with E-state index >= 15 is 0 Å². The first-order chi connectivity index (χ1) is 8.49. The predicted octanol–water partition coefficient (Wildman–Crippen LogP) is 3.62. The third kappa shape index (κ3) is 2.22. The van der Waals surface area contributed by atoms with Crippen LogP contribution >= 0.6 is 0 Å². The van der Waals surface area contributed by atoms with Crippen LogP contribution in [0, 0.1) is 23.3 Å². The van der Waals surface area contributed by atoms with E-state index < -0.39 is 29.0 Å². The number of hydrogen-bond acceptors (Lipinski definition) is 2. The van der Waals surface area contributed by atoms with Crippen LogP contribution in [-0.2, 0) is 0 Å². The monoisotopic (exact) mass is 257 g/mol. The molecule has 2 aromatic carbocycles. The van der Waals surface area contributed by atoms with E-state index in [9.17, 15) is 17.6 Å². The zero-order chi connectivity index (χ0) is 13.3. The molecule has 0 fully saturated rings. The van der Waals surface area contributed by atoms with Crippen molar-refractivity contribution in [1.82, 2.24) is 0 Å². The summed E-state index contributed by atoms with van der Waals surface area (Å²) in [6.45, 7) is 0. The van der Waals surface area contributed by atoms with E-state index in [1.165, 1.54) is 24.3 Å². The molecule has 0 aliphatic heterocycles. The Morgan fingerprint density at radius 2 is 1.33 bits per heavy atom. The summed E-state index contributed by atoms with van der Waals surface area (Å²) < 4.78 is 57.1. The largest absolute Gasteiger partial charge is 0.451 e. The van der Waals surface area contributed by atoms with E-state index in [-0.39, 0.29) is 11.8 Å². The van der Waals surface area contributed by atoms with Crippen molar-refractivity contribution < 1.29 is 22.3 Å². The topological polar surface area (TPSA) is 35.2 Å². The van der Waals surface area contributed by atoms with Crippen LogP contribution in [0.5, 0.6) is 11.5 Å². The van der Waals surface area contributed by atoms with Crippen LogP contribution in [0.3, 0.4) is 0 Å². The lowest BCUT2D eigenvalue weighted by Gasteiger charge is -2.09. The summed E-state index contributed by atoms with van der Waals surface area (Å²) >= 11 is 0. The minimum Gasteiger partial charge on any atom is -0.451 e. The number of halogens is 4. The van der Waals surface area contributed by atoms with Crippen LogP contribution in [0.25, 0.3) is 0 Å². The lowest BCUT2D eigenvalue weighted by molar-refractivity contribution is 0.366. The van der Waals surface area contributed by atoms with Gasteiger partial charge in [-0.1, -0.05) is 0 Å². The molecule has 0 heterocycles. The predicted molar refractivity (Wildman–Crippen MR) is 57.2 cm³/mol. The van der Waals surface area contributed by atoms with Crippen molar-refractivity contribution in [3.63, 3.8) is 0 Å². The Bertz CT molecular complexity index is 557. The highest BCUT2D eigenvalue weighted by atomic mass is 19.2. The van der Waals surface area contributed by atoms with Gasteiger partial charge in [-0.2, -0.15) is 8.78 Å². The van der Waals surface area contributed by atoms with E-state index in [0.29, 0.717) is 5.69 Å². The Kier molecular flexibility index (Phi) is 3.10. The molecule has 2 N–H and O–H groups in total. The van der Waals surface area contributed by atoms with E-state index in [1.807, 2.05) is 0 Å². The molecule has 0 saturated carbocycles. The summed E-state index contributed by atoms with van der Waals surface area (Å²) in [7, 11) is 0. The van der Waals surface area contributed by atoms with Gasteiger partial charge in [0, 0.05) is 11.8 Å². The van der Waals surface area contributed by atoms with Crippen LogP contribution < -0.4 is 10.5 Å². The highest BCUT2D eigenvalue weighted by Crippen LogP contribution is 2.30. The summed E-state index contributed by atoms with van der Waals surface area (Å²) in [5, 5.41) is 0. The van der Waals surface area contributed by atoms with Crippen molar-refractivity contribution in [1.29, 1.82) is 0 Å². The molecule has 0 saturated heterocycles. The molecule has 0 spiro atoms. The Labute approximate surface area is 99.6 Å². The fraction of sp³-hybridized carbons (Fsp3) is 0. The van der Waals surface area contributed by atoms with Gasteiger partial charge in [0.25, 0.3) is 0 Å². The maximum atomic E-state index is 13.3. The average Bonchev–Trinajstić information content (AvgIpc) is 2.34. The van der Waals surface area contributed by atoms with Crippen LogP contribution in [0.1, 0.15) is 0 Å². The second-order valence-corrected chi connectivity index (χ2v) is 3.47. The smallest absolute Gasteiger partial charge is 0.204 e. The van der Waals surface area contributed by atoms with Crippen molar-refractivity contribution in [3.05, 3.63) is 53.6 Å². The number of nitrogens with two attached hydrogens (primary N) is 1. The maximum Gasteiger partial charge on any atom is 0.204 e. The Morgan fingerprint density at radius 3 is 1.83 bits per heavy atom. The highest BCUT2D eigenvalue weighted by Gasteiger charge is 2.21. The van der Waals surface area contributed by atoms with Crippen LogP contribution in [-0.4, -0.2) is 0 Å². The molecular weight excluding hydrogens is 250 g/mol. The molecule has 0 unspecified atom stereocenters. The quantitative estimate of drug-likeness (QED) is 0.506. The van der Waals surface area contributed by atoms with E-state index in [2.05, 4.69) is 0 Å². The van der Waals surface area contributed by atoms with Gasteiger partial charge in [-0.25, -0.2) is 8.78 Å². The summed E-state index contributed by atoms with van der Waals surface area (Å²) in [6, 6.07) is 5.58. The molecular formula is C12H7F4NO. The van der Waals surface area contributed by atoms with E-state index in [1.54, 1.807) is 0 Å². The molecule has 0 amide bonds. The molecule has 94 valence electrons. The molecule has 0 aliphatic rings. The first-order valence-electron chi connectivity index (χ1n) is 4.85. The molecule has 6 heteroatoms. The van der Waals surface area contributed by atoms with Gasteiger partial charge in [0.15, 0.2) is 11.6 Å². The summed E-state index contributed by atoms with van der Waals surface area (Å²) in [4.78, 5) is 0. The van der Waals surface area contributed by atoms with Crippen LogP contribution in [0.4, 0.5) is 23.2 Å². The minimum atomic E-state index is -1.59. The first kappa shape index (κ1) is 12.2. The fourth-order valence-corrected chi connectivity index (χ4v) is 1.29. The third-order valence-corrected chi connectivity index (χ3v) is 2.17. The van der Waals surface area contributed by atoms with Gasteiger partial charge in [-0.15, -0.1) is 0 Å². The van der Waals surface area contributed by atoms with Gasteiger partial charge < -0.3 is 10.5 Å². The van der Waals surface area contributed by atoms with Gasteiger partial charge in [0.1, 0.15) is 5.75 Å². The minimum absolute atomic E-state index is 0.00648. The van der Waals surface area contributed by atoms with E-state index in [4.69, 9.17) is 10.5 Å². The lowest BCUT2D eigenvalue weighted by atomic mass is 10.2. The molecule has 2 nitrogen and oxygen atoms in total. The average molecular weight is 257 g/mol. The van der Waals surface area contributed by atoms with Gasteiger partial charge in [0.05, 0.1) is 0 Å². The van der Waals surface area contributed by atoms with Crippen molar-refractivity contribution in [2.75, 3.05) is 5.73 Å². The summed E-state index contributed by atoms with van der Waals surface area (Å²) in [5.41, 5.74) is 5.82. The van der Waals surface area contributed by atoms with Gasteiger partial charge >= 0.3 is 0 Å². The van der Waals surface area contributed by atoms with E-state index in [0.717, 1.165) is 0 Å². The third-order valence-electron chi connectivity index (χ3n) is 2.17. The van der Waals surface area contributed by atoms with Gasteiger partial charge in [-0.3, -0.25) is 0 Å². The molecule has 2 rings (SSSR count). The number of anilines is 1. The zero-order valence-electron chi connectivity index (χ0n) is 8.88. The lowest BCUT2D eigenvalue weighted by Crippen LogP contribution is -1.99. The SMILES string of the molecule is Nc1ccc(Oc2c(F)c(F)cc(F)c2F)cc1. The summed E-state index contributed by atoms with van der Waals surface area (Å²) in [5.74, 6) is -7.36. The van der Waals surface area contributed by atoms with Crippen molar-refractivity contribution in [2.24, 2.45) is 0 Å². The molecule has 0 radical (unpaired) electrons. The molecule has 0 atom stereocenters. The normalized spacial score (nSPS) is 10.4. The highest BCUT2D eigenvalue weighted by molar-refractivity contribution is 5.43. The number of rotatable bonds is 2. The van der Waals surface area contributed by atoms with Crippen LogP contribution in [0.2, 0.25) is 0 Å². The second-order valence-electron chi connectivity index (χ2n) is 3.47. The molecule has 18 heavy (non-hydrogen) atoms. The van der Waals surface area contributed by atoms with Gasteiger partial charge in [-0.05, 0) is 24.3 Å². The number of hydrogen-bond donors (Lipinski definition) is 1. The number of ether oxygens (including phenoxy) is 1. The second kappa shape index (κ2) is 4.56. The van der Waals surface area contributed by atoms with Crippen molar-refractivity contribution >= 4 is 5.69 Å². The Morgan fingerprint density at radius 1 is 0.833 bits per heavy atom. The van der Waals surface area contributed by atoms with Crippen molar-refractivity contribution in [2.45, 2.75) is 0 Å².